The van der Waals surface area contributed by atoms with Crippen LogP contribution in [0.1, 0.15) is 34.7 Å². The third-order valence-electron chi connectivity index (χ3n) is 3.86. The van der Waals surface area contributed by atoms with E-state index in [4.69, 9.17) is 11.6 Å². The smallest absolute Gasteiger partial charge is 0.0408 e. The number of pyridine rings is 1. The number of fused-ring (bicyclic) bond motifs is 1. The van der Waals surface area contributed by atoms with Crippen LogP contribution in [0.4, 0.5) is 0 Å². The highest BCUT2D eigenvalue weighted by molar-refractivity contribution is 6.30. The van der Waals surface area contributed by atoms with Gasteiger partial charge in [0.05, 0.1) is 0 Å². The summed E-state index contributed by atoms with van der Waals surface area (Å²) in [5.74, 6) is 0. The van der Waals surface area contributed by atoms with Gasteiger partial charge >= 0.3 is 0 Å². The third-order valence-corrected chi connectivity index (χ3v) is 4.09. The van der Waals surface area contributed by atoms with E-state index in [2.05, 4.69) is 35.4 Å². The van der Waals surface area contributed by atoms with Crippen LogP contribution < -0.4 is 5.32 Å². The molecule has 1 aliphatic carbocycles. The molecule has 0 amide bonds. The Morgan fingerprint density at radius 1 is 1.37 bits per heavy atom. The molecule has 0 saturated heterocycles. The molecule has 0 bridgehead atoms. The van der Waals surface area contributed by atoms with Gasteiger partial charge in [-0.25, -0.2) is 0 Å². The maximum atomic E-state index is 6.04. The molecule has 1 heterocycles. The minimum atomic E-state index is 0.444. The fourth-order valence-electron chi connectivity index (χ4n) is 2.73. The third kappa shape index (κ3) is 2.65. The van der Waals surface area contributed by atoms with Gasteiger partial charge in [-0.1, -0.05) is 17.7 Å². The first-order chi connectivity index (χ1) is 9.24. The van der Waals surface area contributed by atoms with Crippen molar-refractivity contribution in [2.75, 3.05) is 0 Å². The van der Waals surface area contributed by atoms with Crippen LogP contribution in [0.2, 0.25) is 5.02 Å². The van der Waals surface area contributed by atoms with Crippen LogP contribution in [-0.4, -0.2) is 4.98 Å². The zero-order valence-electron chi connectivity index (χ0n) is 11.0. The number of nitrogens with one attached hydrogen (secondary N) is 1. The van der Waals surface area contributed by atoms with Crippen molar-refractivity contribution in [1.29, 1.82) is 0 Å². The maximum Gasteiger partial charge on any atom is 0.0408 e. The maximum absolute atomic E-state index is 6.04. The molecule has 3 rings (SSSR count). The van der Waals surface area contributed by atoms with Crippen molar-refractivity contribution < 1.29 is 0 Å². The van der Waals surface area contributed by atoms with E-state index in [9.17, 15) is 0 Å². The summed E-state index contributed by atoms with van der Waals surface area (Å²) < 4.78 is 0. The van der Waals surface area contributed by atoms with E-state index in [-0.39, 0.29) is 0 Å². The Bertz CT molecular complexity index is 595. The molecular formula is C16H17ClN2. The molecule has 1 aromatic heterocycles. The number of benzene rings is 1. The van der Waals surface area contributed by atoms with E-state index in [1.54, 1.807) is 0 Å². The standard InChI is InChI=1S/C16H17ClN2/c1-11-9-18-7-6-13(11)10-19-16-5-2-12-8-14(17)3-4-15(12)16/h3-4,6-9,16,19H,2,5,10H2,1H3. The Kier molecular flexibility index (Phi) is 3.54. The van der Waals surface area contributed by atoms with E-state index < -0.39 is 0 Å². The number of aryl methyl sites for hydroxylation is 2. The van der Waals surface area contributed by atoms with Crippen LogP contribution >= 0.6 is 11.6 Å². The second kappa shape index (κ2) is 5.32. The highest BCUT2D eigenvalue weighted by atomic mass is 35.5. The van der Waals surface area contributed by atoms with Gasteiger partial charge in [0.2, 0.25) is 0 Å². The Morgan fingerprint density at radius 3 is 3.11 bits per heavy atom. The van der Waals surface area contributed by atoms with Crippen LogP contribution in [0.5, 0.6) is 0 Å². The number of nitrogens with zero attached hydrogens (tertiary/aromatic N) is 1. The Balaban J connectivity index is 1.72. The van der Waals surface area contributed by atoms with E-state index in [0.717, 1.165) is 24.4 Å². The highest BCUT2D eigenvalue weighted by Crippen LogP contribution is 2.33. The molecular weight excluding hydrogens is 256 g/mol. The number of halogens is 1. The average molecular weight is 273 g/mol. The molecule has 0 saturated carbocycles. The lowest BCUT2D eigenvalue weighted by Gasteiger charge is -2.15. The van der Waals surface area contributed by atoms with Crippen molar-refractivity contribution in [2.45, 2.75) is 32.4 Å². The van der Waals surface area contributed by atoms with Gasteiger partial charge in [0.25, 0.3) is 0 Å². The summed E-state index contributed by atoms with van der Waals surface area (Å²) in [4.78, 5) is 4.13. The van der Waals surface area contributed by atoms with Gasteiger partial charge in [-0.3, -0.25) is 4.98 Å². The summed E-state index contributed by atoms with van der Waals surface area (Å²) in [5.41, 5.74) is 5.34. The summed E-state index contributed by atoms with van der Waals surface area (Å²) in [6.45, 7) is 2.99. The number of hydrogen-bond donors (Lipinski definition) is 1. The highest BCUT2D eigenvalue weighted by Gasteiger charge is 2.21. The summed E-state index contributed by atoms with van der Waals surface area (Å²) in [6.07, 6.45) is 6.04. The van der Waals surface area contributed by atoms with Crippen molar-refractivity contribution in [2.24, 2.45) is 0 Å². The Morgan fingerprint density at radius 2 is 2.26 bits per heavy atom. The molecule has 98 valence electrons. The first kappa shape index (κ1) is 12.6. The molecule has 1 unspecified atom stereocenters. The molecule has 2 aromatic rings. The van der Waals surface area contributed by atoms with E-state index in [1.165, 1.54) is 22.3 Å². The second-order valence-corrected chi connectivity index (χ2v) is 5.55. The van der Waals surface area contributed by atoms with Crippen LogP contribution in [0.15, 0.2) is 36.7 Å². The minimum Gasteiger partial charge on any atom is -0.306 e. The molecule has 0 radical (unpaired) electrons. The molecule has 0 spiro atoms. The quantitative estimate of drug-likeness (QED) is 0.919. The van der Waals surface area contributed by atoms with Crippen molar-refractivity contribution in [3.8, 4) is 0 Å². The normalized spacial score (nSPS) is 17.5. The fourth-order valence-corrected chi connectivity index (χ4v) is 2.93. The van der Waals surface area contributed by atoms with E-state index in [1.807, 2.05) is 18.5 Å². The zero-order chi connectivity index (χ0) is 13.2. The Hall–Kier alpha value is -1.38. The van der Waals surface area contributed by atoms with Gasteiger partial charge in [-0.15, -0.1) is 0 Å². The summed E-state index contributed by atoms with van der Waals surface area (Å²) in [5, 5.41) is 4.48. The molecule has 1 atom stereocenters. The molecule has 2 nitrogen and oxygen atoms in total. The van der Waals surface area contributed by atoms with Gasteiger partial charge < -0.3 is 5.32 Å². The van der Waals surface area contributed by atoms with Crippen molar-refractivity contribution in [1.82, 2.24) is 10.3 Å². The van der Waals surface area contributed by atoms with Crippen LogP contribution in [0.25, 0.3) is 0 Å². The fraction of sp³-hybridized carbons (Fsp3) is 0.312. The molecule has 1 aliphatic rings. The van der Waals surface area contributed by atoms with Gasteiger partial charge in [0.15, 0.2) is 0 Å². The molecule has 0 fully saturated rings. The molecule has 19 heavy (non-hydrogen) atoms. The molecule has 0 aliphatic heterocycles. The van der Waals surface area contributed by atoms with E-state index in [0.29, 0.717) is 6.04 Å². The number of rotatable bonds is 3. The van der Waals surface area contributed by atoms with Crippen molar-refractivity contribution in [3.05, 3.63) is 63.9 Å². The van der Waals surface area contributed by atoms with E-state index >= 15 is 0 Å². The van der Waals surface area contributed by atoms with Gasteiger partial charge in [-0.05, 0) is 60.2 Å². The molecule has 1 aromatic carbocycles. The van der Waals surface area contributed by atoms with Gasteiger partial charge in [0.1, 0.15) is 0 Å². The Labute approximate surface area is 118 Å². The second-order valence-electron chi connectivity index (χ2n) is 5.12. The summed E-state index contributed by atoms with van der Waals surface area (Å²) >= 11 is 6.04. The van der Waals surface area contributed by atoms with Crippen LogP contribution in [0, 0.1) is 6.92 Å². The largest absolute Gasteiger partial charge is 0.306 e. The average Bonchev–Trinajstić information content (AvgIpc) is 2.80. The minimum absolute atomic E-state index is 0.444. The number of hydrogen-bond acceptors (Lipinski definition) is 2. The lowest BCUT2D eigenvalue weighted by molar-refractivity contribution is 0.529. The lowest BCUT2D eigenvalue weighted by atomic mass is 10.1. The number of aromatic nitrogens is 1. The van der Waals surface area contributed by atoms with Crippen LogP contribution in [0.3, 0.4) is 0 Å². The van der Waals surface area contributed by atoms with Crippen molar-refractivity contribution in [3.63, 3.8) is 0 Å². The molecule has 1 N–H and O–H groups in total. The molecule has 3 heteroatoms. The first-order valence-corrected chi connectivity index (χ1v) is 7.03. The first-order valence-electron chi connectivity index (χ1n) is 6.65. The SMILES string of the molecule is Cc1cnccc1CNC1CCc2cc(Cl)ccc21. The van der Waals surface area contributed by atoms with Crippen LogP contribution in [-0.2, 0) is 13.0 Å². The predicted octanol–water partition coefficient (Wildman–Crippen LogP) is 3.82. The van der Waals surface area contributed by atoms with Gasteiger partial charge in [-0.2, -0.15) is 0 Å². The summed E-state index contributed by atoms with van der Waals surface area (Å²) in [6, 6.07) is 8.76. The van der Waals surface area contributed by atoms with Gasteiger partial charge in [0, 0.05) is 30.0 Å². The summed E-state index contributed by atoms with van der Waals surface area (Å²) in [7, 11) is 0. The van der Waals surface area contributed by atoms with Crippen molar-refractivity contribution >= 4 is 11.6 Å². The monoisotopic (exact) mass is 272 g/mol. The topological polar surface area (TPSA) is 24.9 Å². The zero-order valence-corrected chi connectivity index (χ0v) is 11.7. The lowest BCUT2D eigenvalue weighted by Crippen LogP contribution is -2.19. The predicted molar refractivity (Wildman–Crippen MR) is 78.3 cm³/mol.